The van der Waals surface area contributed by atoms with Crippen LogP contribution in [0.4, 0.5) is 0 Å². The molecule has 4 nitrogen and oxygen atoms in total. The second-order valence-corrected chi connectivity index (χ2v) is 5.68. The van der Waals surface area contributed by atoms with Crippen LogP contribution in [-0.4, -0.2) is 14.2 Å². The molecule has 0 bridgehead atoms. The van der Waals surface area contributed by atoms with Gasteiger partial charge in [0, 0.05) is 10.5 Å². The van der Waals surface area contributed by atoms with Gasteiger partial charge in [0.05, 0.1) is 25.3 Å². The average molecular weight is 372 g/mol. The summed E-state index contributed by atoms with van der Waals surface area (Å²) in [5, 5.41) is 0.627. The maximum atomic E-state index is 6.15. The molecule has 2 rings (SSSR count). The summed E-state index contributed by atoms with van der Waals surface area (Å²) in [5.74, 6) is 7.12. The average Bonchev–Trinajstić information content (AvgIpc) is 2.51. The molecule has 0 saturated carbocycles. The number of nitrogens with two attached hydrogens (primary N) is 1. The van der Waals surface area contributed by atoms with Gasteiger partial charge in [-0.3, -0.25) is 5.84 Å². The molecule has 1 atom stereocenters. The topological polar surface area (TPSA) is 56.5 Å². The zero-order valence-corrected chi connectivity index (χ0v) is 14.0. The highest BCUT2D eigenvalue weighted by molar-refractivity contribution is 9.10. The number of hydrogen-bond acceptors (Lipinski definition) is 4. The van der Waals surface area contributed by atoms with Gasteiger partial charge in [-0.1, -0.05) is 17.7 Å². The van der Waals surface area contributed by atoms with E-state index in [-0.39, 0.29) is 6.04 Å². The first kappa shape index (κ1) is 16.1. The number of benzene rings is 2. The van der Waals surface area contributed by atoms with Crippen molar-refractivity contribution in [3.8, 4) is 11.5 Å². The molecule has 6 heteroatoms. The molecule has 2 aromatic carbocycles. The molecule has 0 fully saturated rings. The van der Waals surface area contributed by atoms with Crippen LogP contribution in [0.5, 0.6) is 11.5 Å². The van der Waals surface area contributed by atoms with E-state index in [0.29, 0.717) is 16.5 Å². The molecule has 0 amide bonds. The second-order valence-electron chi connectivity index (χ2n) is 4.42. The van der Waals surface area contributed by atoms with Gasteiger partial charge < -0.3 is 9.47 Å². The Morgan fingerprint density at radius 1 is 1.05 bits per heavy atom. The van der Waals surface area contributed by atoms with Crippen molar-refractivity contribution < 1.29 is 9.47 Å². The van der Waals surface area contributed by atoms with Crippen molar-refractivity contribution in [2.45, 2.75) is 6.04 Å². The zero-order chi connectivity index (χ0) is 15.4. The quantitative estimate of drug-likeness (QED) is 0.622. The first-order chi connectivity index (χ1) is 10.1. The maximum absolute atomic E-state index is 6.15. The number of rotatable bonds is 5. The van der Waals surface area contributed by atoms with E-state index in [1.165, 1.54) is 0 Å². The largest absolute Gasteiger partial charge is 0.497 e. The molecule has 0 radical (unpaired) electrons. The number of hydrogen-bond donors (Lipinski definition) is 2. The van der Waals surface area contributed by atoms with Gasteiger partial charge in [0.15, 0.2) is 0 Å². The predicted molar refractivity (Wildman–Crippen MR) is 87.9 cm³/mol. The van der Waals surface area contributed by atoms with Crippen molar-refractivity contribution in [3.63, 3.8) is 0 Å². The molecule has 1 unspecified atom stereocenters. The summed E-state index contributed by atoms with van der Waals surface area (Å²) in [7, 11) is 3.22. The van der Waals surface area contributed by atoms with Crippen LogP contribution in [-0.2, 0) is 0 Å². The Morgan fingerprint density at radius 2 is 1.67 bits per heavy atom. The Balaban J connectivity index is 2.47. The van der Waals surface area contributed by atoms with E-state index in [0.717, 1.165) is 15.6 Å². The van der Waals surface area contributed by atoms with Crippen molar-refractivity contribution in [1.82, 2.24) is 5.43 Å². The third kappa shape index (κ3) is 3.68. The van der Waals surface area contributed by atoms with Crippen LogP contribution in [0, 0.1) is 0 Å². The smallest absolute Gasteiger partial charge is 0.122 e. The summed E-state index contributed by atoms with van der Waals surface area (Å²) in [6.45, 7) is 0. The van der Waals surface area contributed by atoms with Crippen LogP contribution in [0.15, 0.2) is 40.9 Å². The molecule has 0 heterocycles. The minimum absolute atomic E-state index is 0.223. The van der Waals surface area contributed by atoms with E-state index < -0.39 is 0 Å². The van der Waals surface area contributed by atoms with Gasteiger partial charge in [0.1, 0.15) is 11.5 Å². The van der Waals surface area contributed by atoms with E-state index in [9.17, 15) is 0 Å². The molecule has 112 valence electrons. The molecule has 21 heavy (non-hydrogen) atoms. The molecule has 2 aromatic rings. The van der Waals surface area contributed by atoms with Gasteiger partial charge >= 0.3 is 0 Å². The van der Waals surface area contributed by atoms with Crippen LogP contribution < -0.4 is 20.7 Å². The lowest BCUT2D eigenvalue weighted by Gasteiger charge is -2.19. The lowest BCUT2D eigenvalue weighted by atomic mass is 9.99. The summed E-state index contributed by atoms with van der Waals surface area (Å²) >= 11 is 9.53. The highest BCUT2D eigenvalue weighted by Crippen LogP contribution is 2.32. The monoisotopic (exact) mass is 370 g/mol. The van der Waals surface area contributed by atoms with Gasteiger partial charge in [0.25, 0.3) is 0 Å². The third-order valence-electron chi connectivity index (χ3n) is 3.15. The summed E-state index contributed by atoms with van der Waals surface area (Å²) < 4.78 is 11.4. The number of hydrazine groups is 1. The van der Waals surface area contributed by atoms with Crippen LogP contribution in [0.3, 0.4) is 0 Å². The first-order valence-electron chi connectivity index (χ1n) is 6.23. The third-order valence-corrected chi connectivity index (χ3v) is 4.38. The molecule has 0 aliphatic heterocycles. The second kappa shape index (κ2) is 7.13. The fourth-order valence-electron chi connectivity index (χ4n) is 2.07. The molecule has 3 N–H and O–H groups in total. The minimum Gasteiger partial charge on any atom is -0.497 e. The Morgan fingerprint density at radius 3 is 2.14 bits per heavy atom. The fraction of sp³-hybridized carbons (Fsp3) is 0.200. The van der Waals surface area contributed by atoms with Crippen molar-refractivity contribution in [3.05, 3.63) is 57.0 Å². The molecule has 0 saturated heterocycles. The SMILES string of the molecule is COc1cc(OC)cc(C(NN)c2ccc(Br)c(Cl)c2)c1. The molecule has 0 aliphatic rings. The Labute approximate surface area is 137 Å². The van der Waals surface area contributed by atoms with E-state index in [2.05, 4.69) is 21.4 Å². The Bertz CT molecular complexity index is 615. The zero-order valence-electron chi connectivity index (χ0n) is 11.7. The van der Waals surface area contributed by atoms with Crippen molar-refractivity contribution in [2.75, 3.05) is 14.2 Å². The molecule has 0 aliphatic carbocycles. The number of halogens is 2. The van der Waals surface area contributed by atoms with E-state index >= 15 is 0 Å². The lowest BCUT2D eigenvalue weighted by molar-refractivity contribution is 0.392. The van der Waals surface area contributed by atoms with Crippen molar-refractivity contribution in [1.29, 1.82) is 0 Å². The Hall–Kier alpha value is -1.27. The normalized spacial score (nSPS) is 12.0. The minimum atomic E-state index is -0.223. The first-order valence-corrected chi connectivity index (χ1v) is 7.40. The van der Waals surface area contributed by atoms with E-state index in [1.54, 1.807) is 14.2 Å². The summed E-state index contributed by atoms with van der Waals surface area (Å²) in [5.41, 5.74) is 4.67. The highest BCUT2D eigenvalue weighted by Gasteiger charge is 2.16. The standard InChI is InChI=1S/C15H16BrClN2O2/c1-20-11-5-10(6-12(8-11)21-2)15(19-18)9-3-4-13(16)14(17)7-9/h3-8,15,19H,18H2,1-2H3. The number of methoxy groups -OCH3 is 2. The van der Waals surface area contributed by atoms with Crippen LogP contribution >= 0.6 is 27.5 Å². The van der Waals surface area contributed by atoms with Gasteiger partial charge in [-0.2, -0.15) is 0 Å². The van der Waals surface area contributed by atoms with Crippen LogP contribution in [0.1, 0.15) is 17.2 Å². The van der Waals surface area contributed by atoms with Crippen molar-refractivity contribution >= 4 is 27.5 Å². The Kier molecular flexibility index (Phi) is 5.47. The van der Waals surface area contributed by atoms with E-state index in [1.807, 2.05) is 36.4 Å². The fourth-order valence-corrected chi connectivity index (χ4v) is 2.51. The number of ether oxygens (including phenoxy) is 2. The van der Waals surface area contributed by atoms with Gasteiger partial charge in [0.2, 0.25) is 0 Å². The summed E-state index contributed by atoms with van der Waals surface area (Å²) in [6.07, 6.45) is 0. The summed E-state index contributed by atoms with van der Waals surface area (Å²) in [6, 6.07) is 11.1. The van der Waals surface area contributed by atoms with Gasteiger partial charge in [-0.05, 0) is 51.3 Å². The number of nitrogens with one attached hydrogen (secondary N) is 1. The van der Waals surface area contributed by atoms with Gasteiger partial charge in [-0.15, -0.1) is 0 Å². The molecular weight excluding hydrogens is 356 g/mol. The van der Waals surface area contributed by atoms with Crippen LogP contribution in [0.25, 0.3) is 0 Å². The lowest BCUT2D eigenvalue weighted by Crippen LogP contribution is -2.28. The molecular formula is C15H16BrClN2O2. The van der Waals surface area contributed by atoms with Gasteiger partial charge in [-0.25, -0.2) is 5.43 Å². The van der Waals surface area contributed by atoms with Crippen LogP contribution in [0.2, 0.25) is 5.02 Å². The molecule has 0 spiro atoms. The molecule has 0 aromatic heterocycles. The highest BCUT2D eigenvalue weighted by atomic mass is 79.9. The maximum Gasteiger partial charge on any atom is 0.122 e. The predicted octanol–water partition coefficient (Wildman–Crippen LogP) is 3.67. The van der Waals surface area contributed by atoms with Crippen molar-refractivity contribution in [2.24, 2.45) is 5.84 Å². The summed E-state index contributed by atoms with van der Waals surface area (Å²) in [4.78, 5) is 0. The van der Waals surface area contributed by atoms with E-state index in [4.69, 9.17) is 26.9 Å².